The van der Waals surface area contributed by atoms with Gasteiger partial charge < -0.3 is 14.8 Å². The average molecular weight is 388 g/mol. The van der Waals surface area contributed by atoms with E-state index in [1.165, 1.54) is 4.90 Å². The number of hydrogen-bond donors (Lipinski definition) is 1. The first kappa shape index (κ1) is 20.8. The zero-order valence-corrected chi connectivity index (χ0v) is 16.5. The van der Waals surface area contributed by atoms with Gasteiger partial charge in [0.1, 0.15) is 5.75 Å². The van der Waals surface area contributed by atoms with E-state index in [4.69, 9.17) is 9.47 Å². The van der Waals surface area contributed by atoms with Crippen LogP contribution in [0.15, 0.2) is 53.4 Å². The molecule has 0 bridgehead atoms. The lowest BCUT2D eigenvalue weighted by Crippen LogP contribution is -2.30. The Balaban J connectivity index is 1.54. The van der Waals surface area contributed by atoms with Crippen molar-refractivity contribution >= 4 is 23.6 Å². The quantitative estimate of drug-likeness (QED) is 0.384. The van der Waals surface area contributed by atoms with E-state index < -0.39 is 5.97 Å². The summed E-state index contributed by atoms with van der Waals surface area (Å²) < 4.78 is 10.4. The number of hydrogen-bond acceptors (Lipinski definition) is 5. The van der Waals surface area contributed by atoms with Crippen LogP contribution in [-0.2, 0) is 14.3 Å². The fourth-order valence-electron chi connectivity index (χ4n) is 2.34. The summed E-state index contributed by atoms with van der Waals surface area (Å²) in [6, 6.07) is 15.8. The molecule has 5 nitrogen and oxygen atoms in total. The van der Waals surface area contributed by atoms with Gasteiger partial charge in [0.15, 0.2) is 13.2 Å². The Morgan fingerprint density at radius 2 is 1.81 bits per heavy atom. The van der Waals surface area contributed by atoms with Gasteiger partial charge in [-0.2, -0.15) is 0 Å². The Bertz CT molecular complexity index is 749. The van der Waals surface area contributed by atoms with Gasteiger partial charge in [-0.25, -0.2) is 4.79 Å². The molecule has 2 aromatic carbocycles. The fourth-order valence-corrected chi connectivity index (χ4v) is 3.22. The van der Waals surface area contributed by atoms with Gasteiger partial charge >= 0.3 is 5.97 Å². The zero-order chi connectivity index (χ0) is 19.5. The van der Waals surface area contributed by atoms with Crippen molar-refractivity contribution in [2.45, 2.75) is 25.2 Å². The number of esters is 1. The monoisotopic (exact) mass is 387 g/mol. The Morgan fingerprint density at radius 1 is 1.04 bits per heavy atom. The van der Waals surface area contributed by atoms with Gasteiger partial charge in [0.2, 0.25) is 0 Å². The smallest absolute Gasteiger partial charge is 0.344 e. The molecule has 0 saturated heterocycles. The summed E-state index contributed by atoms with van der Waals surface area (Å²) in [7, 11) is 0. The molecule has 1 amide bonds. The van der Waals surface area contributed by atoms with E-state index in [-0.39, 0.29) is 19.1 Å². The SMILES string of the molecule is Cc1ccc(OCC(=O)OCC(=O)NCCCSc2ccccc2)c(C)c1. The number of ether oxygens (including phenoxy) is 2. The second kappa shape index (κ2) is 11.3. The first-order valence-electron chi connectivity index (χ1n) is 8.85. The first-order valence-corrected chi connectivity index (χ1v) is 9.83. The van der Waals surface area contributed by atoms with E-state index in [1.54, 1.807) is 11.8 Å². The van der Waals surface area contributed by atoms with Crippen molar-refractivity contribution in [1.82, 2.24) is 5.32 Å². The molecule has 2 rings (SSSR count). The van der Waals surface area contributed by atoms with Gasteiger partial charge in [-0.1, -0.05) is 35.9 Å². The Hall–Kier alpha value is -2.47. The van der Waals surface area contributed by atoms with Crippen molar-refractivity contribution in [3.05, 3.63) is 59.7 Å². The average Bonchev–Trinajstić information content (AvgIpc) is 2.66. The molecule has 0 saturated carbocycles. The highest BCUT2D eigenvalue weighted by Gasteiger charge is 2.09. The number of thioether (sulfide) groups is 1. The van der Waals surface area contributed by atoms with Gasteiger partial charge in [0, 0.05) is 11.4 Å². The number of benzene rings is 2. The van der Waals surface area contributed by atoms with Gasteiger partial charge in [-0.15, -0.1) is 11.8 Å². The topological polar surface area (TPSA) is 64.6 Å². The van der Waals surface area contributed by atoms with Crippen LogP contribution in [0.2, 0.25) is 0 Å². The summed E-state index contributed by atoms with van der Waals surface area (Å²) in [5.41, 5.74) is 2.08. The molecule has 0 aromatic heterocycles. The minimum atomic E-state index is -0.565. The number of rotatable bonds is 10. The van der Waals surface area contributed by atoms with Gasteiger partial charge in [0.05, 0.1) is 0 Å². The molecule has 0 heterocycles. The van der Waals surface area contributed by atoms with E-state index in [2.05, 4.69) is 17.4 Å². The normalized spacial score (nSPS) is 10.3. The summed E-state index contributed by atoms with van der Waals surface area (Å²) in [4.78, 5) is 24.6. The van der Waals surface area contributed by atoms with Crippen molar-refractivity contribution in [1.29, 1.82) is 0 Å². The zero-order valence-electron chi connectivity index (χ0n) is 15.7. The van der Waals surface area contributed by atoms with Gasteiger partial charge in [0.25, 0.3) is 5.91 Å². The van der Waals surface area contributed by atoms with Crippen LogP contribution in [0.1, 0.15) is 17.5 Å². The maximum absolute atomic E-state index is 11.7. The molecular formula is C21H25NO4S. The lowest BCUT2D eigenvalue weighted by molar-refractivity contribution is -0.150. The van der Waals surface area contributed by atoms with E-state index in [1.807, 2.05) is 50.2 Å². The number of carbonyl (C=O) groups excluding carboxylic acids is 2. The molecule has 1 N–H and O–H groups in total. The standard InChI is InChI=1S/C21H25NO4S/c1-16-9-10-19(17(2)13-16)25-15-21(24)26-14-20(23)22-11-6-12-27-18-7-4-3-5-8-18/h3-5,7-10,13H,6,11-12,14-15H2,1-2H3,(H,22,23). The number of carbonyl (C=O) groups is 2. The number of amides is 1. The van der Waals surface area contributed by atoms with E-state index in [0.717, 1.165) is 23.3 Å². The molecule has 0 aliphatic rings. The summed E-state index contributed by atoms with van der Waals surface area (Å²) in [5.74, 6) is 0.677. The van der Waals surface area contributed by atoms with Crippen LogP contribution in [0.25, 0.3) is 0 Å². The van der Waals surface area contributed by atoms with Crippen molar-refractivity contribution < 1.29 is 19.1 Å². The van der Waals surface area contributed by atoms with E-state index in [9.17, 15) is 9.59 Å². The highest BCUT2D eigenvalue weighted by Crippen LogP contribution is 2.18. The lowest BCUT2D eigenvalue weighted by Gasteiger charge is -2.10. The first-order chi connectivity index (χ1) is 13.0. The van der Waals surface area contributed by atoms with Crippen LogP contribution in [0.3, 0.4) is 0 Å². The predicted octanol–water partition coefficient (Wildman–Crippen LogP) is 3.52. The molecule has 0 spiro atoms. The predicted molar refractivity (Wildman–Crippen MR) is 107 cm³/mol. The molecule has 144 valence electrons. The lowest BCUT2D eigenvalue weighted by atomic mass is 10.1. The van der Waals surface area contributed by atoms with E-state index >= 15 is 0 Å². The third kappa shape index (κ3) is 8.17. The molecule has 0 fully saturated rings. The summed E-state index contributed by atoms with van der Waals surface area (Å²) in [6.45, 7) is 3.95. The highest BCUT2D eigenvalue weighted by molar-refractivity contribution is 7.99. The molecule has 0 unspecified atom stereocenters. The van der Waals surface area contributed by atoms with Gasteiger partial charge in [-0.3, -0.25) is 4.79 Å². The number of aryl methyl sites for hydroxylation is 2. The fraction of sp³-hybridized carbons (Fsp3) is 0.333. The molecule has 0 aliphatic heterocycles. The number of nitrogens with one attached hydrogen (secondary N) is 1. The third-order valence-corrected chi connectivity index (χ3v) is 4.79. The molecule has 0 radical (unpaired) electrons. The Labute approximate surface area is 164 Å². The van der Waals surface area contributed by atoms with Crippen LogP contribution >= 0.6 is 11.8 Å². The maximum atomic E-state index is 11.7. The summed E-state index contributed by atoms with van der Waals surface area (Å²) in [6.07, 6.45) is 0.842. The van der Waals surface area contributed by atoms with Gasteiger partial charge in [-0.05, 0) is 49.8 Å². The van der Waals surface area contributed by atoms with Crippen LogP contribution < -0.4 is 10.1 Å². The van der Waals surface area contributed by atoms with Crippen molar-refractivity contribution in [3.8, 4) is 5.75 Å². The van der Waals surface area contributed by atoms with Crippen LogP contribution in [0.5, 0.6) is 5.75 Å². The molecular weight excluding hydrogens is 362 g/mol. The minimum Gasteiger partial charge on any atom is -0.482 e. The molecule has 0 atom stereocenters. The second-order valence-electron chi connectivity index (χ2n) is 6.08. The Morgan fingerprint density at radius 3 is 2.56 bits per heavy atom. The third-order valence-electron chi connectivity index (χ3n) is 3.70. The Kier molecular flexibility index (Phi) is 8.71. The van der Waals surface area contributed by atoms with Crippen molar-refractivity contribution in [3.63, 3.8) is 0 Å². The summed E-state index contributed by atoms with van der Waals surface area (Å²) in [5, 5.41) is 2.74. The van der Waals surface area contributed by atoms with Crippen LogP contribution in [-0.4, -0.2) is 37.4 Å². The minimum absolute atomic E-state index is 0.217. The van der Waals surface area contributed by atoms with E-state index in [0.29, 0.717) is 12.3 Å². The molecule has 2 aromatic rings. The maximum Gasteiger partial charge on any atom is 0.344 e. The largest absolute Gasteiger partial charge is 0.482 e. The van der Waals surface area contributed by atoms with Crippen molar-refractivity contribution in [2.24, 2.45) is 0 Å². The van der Waals surface area contributed by atoms with Crippen LogP contribution in [0, 0.1) is 13.8 Å². The highest BCUT2D eigenvalue weighted by atomic mass is 32.2. The molecule has 0 aliphatic carbocycles. The molecule has 6 heteroatoms. The second-order valence-corrected chi connectivity index (χ2v) is 7.25. The van der Waals surface area contributed by atoms with Crippen LogP contribution in [0.4, 0.5) is 0 Å². The van der Waals surface area contributed by atoms with Crippen molar-refractivity contribution in [2.75, 3.05) is 25.5 Å². The molecule has 27 heavy (non-hydrogen) atoms. The summed E-state index contributed by atoms with van der Waals surface area (Å²) >= 11 is 1.74.